The van der Waals surface area contributed by atoms with Crippen LogP contribution in [0.2, 0.25) is 5.02 Å². The third kappa shape index (κ3) is 4.26. The lowest BCUT2D eigenvalue weighted by atomic mass is 9.94. The Morgan fingerprint density at radius 1 is 1.11 bits per heavy atom. The molecular weight excluding hydrogens is 472 g/mol. The standard InChI is InChI=1S/C28H37ClN6O/c1-32(2)20-9-11-33(12-10-20)28(36)27-22-16-34(17-23(22)27)26-14-25(18-5-3-4-6-18)35(31-26)21-8-7-19(15-30)24(29)13-21/h7-8,13,18,20,22-23,25,27H,3-6,9-12,14,16-17H2,1-2H3/t22-,23+,25?,27?. The smallest absolute Gasteiger partial charge is 0.226 e. The molecule has 4 fully saturated rings. The van der Waals surface area contributed by atoms with Gasteiger partial charge in [-0.1, -0.05) is 24.4 Å². The first-order valence-corrected chi connectivity index (χ1v) is 14.1. The van der Waals surface area contributed by atoms with Crippen LogP contribution in [-0.4, -0.2) is 78.8 Å². The fraction of sp³-hybridized carbons (Fsp3) is 0.679. The average Bonchev–Trinajstić information content (AvgIpc) is 3.37. The van der Waals surface area contributed by atoms with Crippen LogP contribution in [0.1, 0.15) is 50.5 Å². The summed E-state index contributed by atoms with van der Waals surface area (Å²) in [6.07, 6.45) is 8.21. The number of hydrogen-bond acceptors (Lipinski definition) is 6. The van der Waals surface area contributed by atoms with E-state index in [9.17, 15) is 10.1 Å². The van der Waals surface area contributed by atoms with Gasteiger partial charge in [0.2, 0.25) is 5.91 Å². The number of anilines is 1. The van der Waals surface area contributed by atoms with Crippen molar-refractivity contribution in [3.63, 3.8) is 0 Å². The maximum Gasteiger partial charge on any atom is 0.226 e. The van der Waals surface area contributed by atoms with E-state index in [2.05, 4.69) is 39.9 Å². The molecule has 2 unspecified atom stereocenters. The van der Waals surface area contributed by atoms with E-state index in [1.807, 2.05) is 12.1 Å². The van der Waals surface area contributed by atoms with Gasteiger partial charge in [-0.2, -0.15) is 10.4 Å². The third-order valence-corrected chi connectivity index (χ3v) is 9.87. The monoisotopic (exact) mass is 508 g/mol. The summed E-state index contributed by atoms with van der Waals surface area (Å²) >= 11 is 6.39. The van der Waals surface area contributed by atoms with Crippen molar-refractivity contribution in [2.45, 2.75) is 57.0 Å². The number of carbonyl (C=O) groups is 1. The molecule has 1 aromatic carbocycles. The molecule has 1 aromatic rings. The van der Waals surface area contributed by atoms with Crippen molar-refractivity contribution >= 4 is 29.0 Å². The second-order valence-corrected chi connectivity index (χ2v) is 12.1. The highest BCUT2D eigenvalue weighted by atomic mass is 35.5. The molecule has 0 N–H and O–H groups in total. The number of hydrazone groups is 1. The molecule has 2 saturated heterocycles. The molecule has 3 heterocycles. The third-order valence-electron chi connectivity index (χ3n) is 9.56. The summed E-state index contributed by atoms with van der Waals surface area (Å²) in [5, 5.41) is 17.1. The average molecular weight is 509 g/mol. The lowest BCUT2D eigenvalue weighted by Crippen LogP contribution is -2.46. The Labute approximate surface area is 219 Å². The SMILES string of the molecule is CN(C)C1CCN(C(=O)C2[C@H]3CN(C4=NN(c5ccc(C#N)c(Cl)c5)C(C5CCCC5)C4)C[C@@H]23)CC1. The molecule has 3 aliphatic heterocycles. The highest BCUT2D eigenvalue weighted by molar-refractivity contribution is 6.32. The van der Waals surface area contributed by atoms with E-state index in [4.69, 9.17) is 16.7 Å². The van der Waals surface area contributed by atoms with Gasteiger partial charge in [-0.3, -0.25) is 9.80 Å². The number of carbonyl (C=O) groups excluding carboxylic acids is 1. The summed E-state index contributed by atoms with van der Waals surface area (Å²) < 4.78 is 0. The topological polar surface area (TPSA) is 66.2 Å². The fourth-order valence-electron chi connectivity index (χ4n) is 7.32. The highest BCUT2D eigenvalue weighted by Crippen LogP contribution is 2.53. The van der Waals surface area contributed by atoms with Crippen molar-refractivity contribution in [2.24, 2.45) is 28.8 Å². The molecule has 8 heteroatoms. The normalized spacial score (nSPS) is 30.6. The summed E-state index contributed by atoms with van der Waals surface area (Å²) in [6.45, 7) is 3.71. The maximum absolute atomic E-state index is 13.2. The van der Waals surface area contributed by atoms with Crippen LogP contribution in [0.25, 0.3) is 0 Å². The molecule has 36 heavy (non-hydrogen) atoms. The van der Waals surface area contributed by atoms with E-state index in [-0.39, 0.29) is 5.92 Å². The number of benzene rings is 1. The molecule has 192 valence electrons. The molecular formula is C28H37ClN6O. The van der Waals surface area contributed by atoms with E-state index < -0.39 is 0 Å². The number of likely N-dealkylation sites (tertiary alicyclic amines) is 2. The Morgan fingerprint density at radius 3 is 2.42 bits per heavy atom. The van der Waals surface area contributed by atoms with Crippen LogP contribution in [0.4, 0.5) is 5.69 Å². The zero-order chi connectivity index (χ0) is 25.0. The number of nitriles is 1. The van der Waals surface area contributed by atoms with Gasteiger partial charge in [-0.25, -0.2) is 0 Å². The number of piperidine rings is 2. The van der Waals surface area contributed by atoms with Crippen molar-refractivity contribution in [1.29, 1.82) is 5.26 Å². The number of halogens is 1. The van der Waals surface area contributed by atoms with Gasteiger partial charge in [-0.15, -0.1) is 0 Å². The lowest BCUT2D eigenvalue weighted by Gasteiger charge is -2.35. The Hall–Kier alpha value is -2.30. The largest absolute Gasteiger partial charge is 0.358 e. The molecule has 0 bridgehead atoms. The van der Waals surface area contributed by atoms with Crippen LogP contribution >= 0.6 is 11.6 Å². The molecule has 4 atom stereocenters. The van der Waals surface area contributed by atoms with Crippen molar-refractivity contribution in [2.75, 3.05) is 45.3 Å². The Bertz CT molecular complexity index is 1070. The van der Waals surface area contributed by atoms with Gasteiger partial charge in [-0.05, 0) is 75.7 Å². The zero-order valence-corrected chi connectivity index (χ0v) is 22.2. The van der Waals surface area contributed by atoms with Gasteiger partial charge in [0.15, 0.2) is 0 Å². The zero-order valence-electron chi connectivity index (χ0n) is 21.4. The first-order chi connectivity index (χ1) is 17.4. The summed E-state index contributed by atoms with van der Waals surface area (Å²) in [4.78, 5) is 20.1. The predicted molar refractivity (Wildman–Crippen MR) is 142 cm³/mol. The number of amidine groups is 1. The first-order valence-electron chi connectivity index (χ1n) is 13.7. The van der Waals surface area contributed by atoms with Crippen LogP contribution in [-0.2, 0) is 4.79 Å². The van der Waals surface area contributed by atoms with Gasteiger partial charge in [0.25, 0.3) is 0 Å². The minimum atomic E-state index is 0.221. The minimum Gasteiger partial charge on any atom is -0.358 e. The summed E-state index contributed by atoms with van der Waals surface area (Å²) in [5.41, 5.74) is 1.48. The van der Waals surface area contributed by atoms with Crippen LogP contribution in [0, 0.1) is 35.0 Å². The highest BCUT2D eigenvalue weighted by Gasteiger charge is 2.61. The van der Waals surface area contributed by atoms with Gasteiger partial charge < -0.3 is 14.7 Å². The lowest BCUT2D eigenvalue weighted by molar-refractivity contribution is -0.135. The van der Waals surface area contributed by atoms with E-state index in [1.54, 1.807) is 6.07 Å². The molecule has 2 saturated carbocycles. The molecule has 0 radical (unpaired) electrons. The van der Waals surface area contributed by atoms with Gasteiger partial charge >= 0.3 is 0 Å². The van der Waals surface area contributed by atoms with Gasteiger partial charge in [0.1, 0.15) is 11.9 Å². The van der Waals surface area contributed by atoms with E-state index >= 15 is 0 Å². The second kappa shape index (κ2) is 9.54. The number of hydrogen-bond donors (Lipinski definition) is 0. The Morgan fingerprint density at radius 2 is 1.81 bits per heavy atom. The number of fused-ring (bicyclic) bond motifs is 1. The first kappa shape index (κ1) is 24.1. The minimum absolute atomic E-state index is 0.221. The van der Waals surface area contributed by atoms with Gasteiger partial charge in [0.05, 0.1) is 22.3 Å². The molecule has 1 amide bonds. The Balaban J connectivity index is 1.12. The quantitative estimate of drug-likeness (QED) is 0.614. The second-order valence-electron chi connectivity index (χ2n) is 11.7. The van der Waals surface area contributed by atoms with Crippen molar-refractivity contribution in [3.8, 4) is 6.07 Å². The van der Waals surface area contributed by atoms with E-state index in [0.717, 1.165) is 57.0 Å². The van der Waals surface area contributed by atoms with Crippen LogP contribution in [0.3, 0.4) is 0 Å². The fourth-order valence-corrected chi connectivity index (χ4v) is 7.53. The van der Waals surface area contributed by atoms with Gasteiger partial charge in [0, 0.05) is 44.6 Å². The van der Waals surface area contributed by atoms with E-state index in [1.165, 1.54) is 25.7 Å². The summed E-state index contributed by atoms with van der Waals surface area (Å²) in [5.74, 6) is 3.38. The van der Waals surface area contributed by atoms with Crippen molar-refractivity contribution in [3.05, 3.63) is 28.8 Å². The number of amides is 1. The predicted octanol–water partition coefficient (Wildman–Crippen LogP) is 4.02. The molecule has 0 aromatic heterocycles. The van der Waals surface area contributed by atoms with Crippen LogP contribution < -0.4 is 5.01 Å². The molecule has 6 rings (SSSR count). The van der Waals surface area contributed by atoms with Crippen LogP contribution in [0.15, 0.2) is 23.3 Å². The van der Waals surface area contributed by atoms with Crippen molar-refractivity contribution in [1.82, 2.24) is 14.7 Å². The Kier molecular flexibility index (Phi) is 6.37. The molecule has 7 nitrogen and oxygen atoms in total. The van der Waals surface area contributed by atoms with E-state index in [0.29, 0.717) is 46.3 Å². The molecule has 5 aliphatic rings. The molecule has 0 spiro atoms. The number of rotatable bonds is 4. The summed E-state index contributed by atoms with van der Waals surface area (Å²) in [6, 6.07) is 8.79. The van der Waals surface area contributed by atoms with Crippen LogP contribution in [0.5, 0.6) is 0 Å². The van der Waals surface area contributed by atoms with Crippen molar-refractivity contribution < 1.29 is 4.79 Å². The summed E-state index contributed by atoms with van der Waals surface area (Å²) in [7, 11) is 4.28. The molecule has 2 aliphatic carbocycles. The number of nitrogens with zero attached hydrogens (tertiary/aromatic N) is 6. The maximum atomic E-state index is 13.2.